The molecule has 1 amide bonds. The van der Waals surface area contributed by atoms with Crippen molar-refractivity contribution < 1.29 is 18.4 Å². The molecule has 0 saturated heterocycles. The molecule has 0 unspecified atom stereocenters. The lowest BCUT2D eigenvalue weighted by Crippen LogP contribution is -2.27. The third-order valence-corrected chi connectivity index (χ3v) is 4.93. The molecule has 0 spiro atoms. The second-order valence-electron chi connectivity index (χ2n) is 4.63. The van der Waals surface area contributed by atoms with E-state index in [2.05, 4.69) is 10.6 Å². The van der Waals surface area contributed by atoms with Gasteiger partial charge in [0.25, 0.3) is 5.91 Å². The van der Waals surface area contributed by atoms with Crippen LogP contribution in [0.2, 0.25) is 0 Å². The van der Waals surface area contributed by atoms with Gasteiger partial charge in [-0.25, -0.2) is 0 Å². The zero-order valence-electron chi connectivity index (χ0n) is 13.9. The van der Waals surface area contributed by atoms with E-state index < -0.39 is 13.5 Å². The van der Waals surface area contributed by atoms with Crippen molar-refractivity contribution >= 4 is 19.2 Å². The van der Waals surface area contributed by atoms with Crippen molar-refractivity contribution in [2.24, 2.45) is 0 Å². The Labute approximate surface area is 137 Å². The van der Waals surface area contributed by atoms with Gasteiger partial charge in [0.05, 0.1) is 13.2 Å². The van der Waals surface area contributed by atoms with E-state index in [-0.39, 0.29) is 18.5 Å². The molecule has 6 nitrogen and oxygen atoms in total. The molecule has 0 fully saturated rings. The third kappa shape index (κ3) is 6.18. The van der Waals surface area contributed by atoms with Crippen LogP contribution >= 0.6 is 7.60 Å². The molecule has 0 bridgehead atoms. The van der Waals surface area contributed by atoms with Gasteiger partial charge in [0.1, 0.15) is 5.31 Å². The summed E-state index contributed by atoms with van der Waals surface area (Å²) >= 11 is 0. The summed E-state index contributed by atoms with van der Waals surface area (Å²) in [6.07, 6.45) is 2.17. The maximum atomic E-state index is 12.9. The largest absolute Gasteiger partial charge is 0.368 e. The molecule has 0 radical (unpaired) electrons. The van der Waals surface area contributed by atoms with Gasteiger partial charge in [-0.2, -0.15) is 0 Å². The Balaban J connectivity index is 3.08. The van der Waals surface area contributed by atoms with Crippen molar-refractivity contribution in [2.75, 3.05) is 25.1 Å². The molecular formula is C16H25N2O4P. The zero-order chi connectivity index (χ0) is 17.1. The minimum Gasteiger partial charge on any atom is -0.361 e. The molecule has 0 heterocycles. The number of rotatable bonds is 10. The summed E-state index contributed by atoms with van der Waals surface area (Å²) in [5.41, 5.74) is 0.771. The zero-order valence-corrected chi connectivity index (χ0v) is 14.8. The fourth-order valence-electron chi connectivity index (χ4n) is 1.80. The maximum absolute atomic E-state index is 12.9. The smallest absolute Gasteiger partial charge is 0.361 e. The Hall–Kier alpha value is -1.62. The monoisotopic (exact) mass is 340 g/mol. The minimum atomic E-state index is -3.68. The Bertz CT molecular complexity index is 550. The first-order valence-corrected chi connectivity index (χ1v) is 9.31. The molecule has 1 aromatic carbocycles. The molecule has 128 valence electrons. The number of benzene rings is 1. The third-order valence-electron chi connectivity index (χ3n) is 2.81. The molecule has 0 saturated carbocycles. The van der Waals surface area contributed by atoms with Crippen molar-refractivity contribution in [3.8, 4) is 0 Å². The van der Waals surface area contributed by atoms with Gasteiger partial charge in [-0.1, -0.05) is 25.1 Å². The predicted octanol–water partition coefficient (Wildman–Crippen LogP) is 3.73. The van der Waals surface area contributed by atoms with Gasteiger partial charge in [0, 0.05) is 18.4 Å². The summed E-state index contributed by atoms with van der Waals surface area (Å²) in [5, 5.41) is 5.65. The lowest BCUT2D eigenvalue weighted by atomic mass is 10.3. The van der Waals surface area contributed by atoms with Crippen molar-refractivity contribution in [1.82, 2.24) is 5.32 Å². The van der Waals surface area contributed by atoms with Crippen LogP contribution in [0.15, 0.2) is 41.8 Å². The highest BCUT2D eigenvalue weighted by molar-refractivity contribution is 7.60. The van der Waals surface area contributed by atoms with Gasteiger partial charge < -0.3 is 19.7 Å². The standard InChI is InChI=1S/C16H25N2O4P/c1-4-12-17-16(19)15(23(20,21-5-2)22-6-3)13-18-14-10-8-7-9-11-14/h7-11,13,18H,4-6,12H2,1-3H3,(H,17,19)/b15-13+. The molecule has 0 aliphatic rings. The quantitative estimate of drug-likeness (QED) is 0.501. The fourth-order valence-corrected chi connectivity index (χ4v) is 3.38. The Kier molecular flexibility index (Phi) is 8.62. The van der Waals surface area contributed by atoms with Crippen LogP contribution < -0.4 is 10.6 Å². The minimum absolute atomic E-state index is 0.0292. The molecule has 1 rings (SSSR count). The van der Waals surface area contributed by atoms with Crippen LogP contribution in [0.4, 0.5) is 5.69 Å². The van der Waals surface area contributed by atoms with Crippen molar-refractivity contribution in [3.63, 3.8) is 0 Å². The molecule has 7 heteroatoms. The highest BCUT2D eigenvalue weighted by Gasteiger charge is 2.34. The van der Waals surface area contributed by atoms with Gasteiger partial charge in [-0.05, 0) is 32.4 Å². The molecule has 0 aromatic heterocycles. The van der Waals surface area contributed by atoms with Crippen LogP contribution in [0.5, 0.6) is 0 Å². The van der Waals surface area contributed by atoms with E-state index in [4.69, 9.17) is 9.05 Å². The summed E-state index contributed by atoms with van der Waals surface area (Å²) in [5.74, 6) is -0.458. The lowest BCUT2D eigenvalue weighted by Gasteiger charge is -2.19. The maximum Gasteiger partial charge on any atom is 0.368 e. The molecule has 0 aliphatic carbocycles. The van der Waals surface area contributed by atoms with Gasteiger partial charge in [0.2, 0.25) is 0 Å². The topological polar surface area (TPSA) is 76.7 Å². The summed E-state index contributed by atoms with van der Waals surface area (Å²) in [6.45, 7) is 6.20. The normalized spacial score (nSPS) is 12.0. The summed E-state index contributed by atoms with van der Waals surface area (Å²) in [6, 6.07) is 9.28. The van der Waals surface area contributed by atoms with Gasteiger partial charge in [0.15, 0.2) is 0 Å². The summed E-state index contributed by atoms with van der Waals surface area (Å²) in [7, 11) is -3.68. The van der Waals surface area contributed by atoms with Gasteiger partial charge >= 0.3 is 7.60 Å². The van der Waals surface area contributed by atoms with Crippen LogP contribution in [0.3, 0.4) is 0 Å². The molecule has 23 heavy (non-hydrogen) atoms. The van der Waals surface area contributed by atoms with E-state index in [1.807, 2.05) is 37.3 Å². The number of hydrogen-bond donors (Lipinski definition) is 2. The van der Waals surface area contributed by atoms with E-state index in [0.29, 0.717) is 6.54 Å². The average Bonchev–Trinajstić information content (AvgIpc) is 2.54. The van der Waals surface area contributed by atoms with Crippen molar-refractivity contribution in [3.05, 3.63) is 41.8 Å². The molecule has 0 aliphatic heterocycles. The Morgan fingerprint density at radius 2 is 1.74 bits per heavy atom. The first-order valence-electron chi connectivity index (χ1n) is 7.77. The predicted molar refractivity (Wildman–Crippen MR) is 92.3 cm³/mol. The highest BCUT2D eigenvalue weighted by Crippen LogP contribution is 2.55. The van der Waals surface area contributed by atoms with E-state index in [1.54, 1.807) is 13.8 Å². The molecule has 1 aromatic rings. The number of anilines is 1. The van der Waals surface area contributed by atoms with E-state index >= 15 is 0 Å². The molecular weight excluding hydrogens is 315 g/mol. The van der Waals surface area contributed by atoms with Crippen molar-refractivity contribution in [2.45, 2.75) is 27.2 Å². The van der Waals surface area contributed by atoms with E-state index in [9.17, 15) is 9.36 Å². The van der Waals surface area contributed by atoms with Crippen LogP contribution in [0.1, 0.15) is 27.2 Å². The van der Waals surface area contributed by atoms with Crippen LogP contribution in [0, 0.1) is 0 Å². The van der Waals surface area contributed by atoms with E-state index in [0.717, 1.165) is 12.1 Å². The lowest BCUT2D eigenvalue weighted by molar-refractivity contribution is -0.117. The Morgan fingerprint density at radius 3 is 2.26 bits per heavy atom. The van der Waals surface area contributed by atoms with Crippen molar-refractivity contribution in [1.29, 1.82) is 0 Å². The number of hydrogen-bond acceptors (Lipinski definition) is 5. The molecule has 2 N–H and O–H groups in total. The average molecular weight is 340 g/mol. The van der Waals surface area contributed by atoms with Crippen LogP contribution in [-0.4, -0.2) is 25.7 Å². The van der Waals surface area contributed by atoms with Crippen LogP contribution in [-0.2, 0) is 18.4 Å². The second-order valence-corrected chi connectivity index (χ2v) is 6.62. The van der Waals surface area contributed by atoms with E-state index in [1.165, 1.54) is 6.20 Å². The number of para-hydroxylation sites is 1. The molecule has 0 atom stereocenters. The Morgan fingerprint density at radius 1 is 1.13 bits per heavy atom. The first kappa shape index (κ1) is 19.4. The van der Waals surface area contributed by atoms with Gasteiger partial charge in [-0.3, -0.25) is 9.36 Å². The second kappa shape index (κ2) is 10.2. The first-order chi connectivity index (χ1) is 11.1. The SMILES string of the molecule is CCCNC(=O)/C(=C\Nc1ccccc1)P(=O)(OCC)OCC. The number of carbonyl (C=O) groups excluding carboxylic acids is 1. The summed E-state index contributed by atoms with van der Waals surface area (Å²) < 4.78 is 23.5. The van der Waals surface area contributed by atoms with Gasteiger partial charge in [-0.15, -0.1) is 0 Å². The van der Waals surface area contributed by atoms with Crippen LogP contribution in [0.25, 0.3) is 0 Å². The number of carbonyl (C=O) groups is 1. The number of amides is 1. The summed E-state index contributed by atoms with van der Waals surface area (Å²) in [4.78, 5) is 12.4. The number of nitrogens with one attached hydrogen (secondary N) is 2. The highest BCUT2D eigenvalue weighted by atomic mass is 31.2. The fraction of sp³-hybridized carbons (Fsp3) is 0.438.